The van der Waals surface area contributed by atoms with Gasteiger partial charge in [-0.2, -0.15) is 0 Å². The molecular weight excluding hydrogens is 390 g/mol. The molecule has 0 aliphatic heterocycles. The molecule has 0 saturated heterocycles. The minimum atomic E-state index is -0.713. The third kappa shape index (κ3) is 5.63. The van der Waals surface area contributed by atoms with E-state index in [0.29, 0.717) is 18.6 Å². The van der Waals surface area contributed by atoms with Crippen molar-refractivity contribution >= 4 is 11.7 Å². The Bertz CT molecular complexity index is 998. The first-order chi connectivity index (χ1) is 14.4. The van der Waals surface area contributed by atoms with Crippen molar-refractivity contribution in [3.63, 3.8) is 0 Å². The quantitative estimate of drug-likeness (QED) is 0.220. The van der Waals surface area contributed by atoms with Crippen LogP contribution < -0.4 is 4.74 Å². The van der Waals surface area contributed by atoms with Crippen LogP contribution in [0.3, 0.4) is 0 Å². The predicted molar refractivity (Wildman–Crippen MR) is 107 cm³/mol. The fraction of sp³-hybridized carbons (Fsp3) is 0.286. The molecule has 0 unspecified atom stereocenters. The van der Waals surface area contributed by atoms with Gasteiger partial charge in [0, 0.05) is 24.1 Å². The Kier molecular flexibility index (Phi) is 6.74. The summed E-state index contributed by atoms with van der Waals surface area (Å²) >= 11 is 0. The molecule has 0 spiro atoms. The Morgan fingerprint density at radius 2 is 1.83 bits per heavy atom. The van der Waals surface area contributed by atoms with Gasteiger partial charge in [-0.05, 0) is 44.5 Å². The number of ether oxygens (including phenoxy) is 2. The SMILES string of the molecule is Cc1ccc(OCCCC(=O)O[C@H](C)c2nnc(-c3ccc([N+](=O)[O-])cc3)o2)cc1. The number of non-ortho nitro benzene ring substituents is 1. The van der Waals surface area contributed by atoms with E-state index >= 15 is 0 Å². The number of benzene rings is 2. The molecular formula is C21H21N3O6. The lowest BCUT2D eigenvalue weighted by Crippen LogP contribution is -2.10. The number of hydrogen-bond donors (Lipinski definition) is 0. The van der Waals surface area contributed by atoms with Crippen molar-refractivity contribution in [1.29, 1.82) is 0 Å². The summed E-state index contributed by atoms with van der Waals surface area (Å²) in [4.78, 5) is 22.3. The molecule has 0 saturated carbocycles. The topological polar surface area (TPSA) is 118 Å². The highest BCUT2D eigenvalue weighted by Gasteiger charge is 2.19. The van der Waals surface area contributed by atoms with E-state index < -0.39 is 17.0 Å². The second kappa shape index (κ2) is 9.64. The summed E-state index contributed by atoms with van der Waals surface area (Å²) in [6.07, 6.45) is -0.00792. The van der Waals surface area contributed by atoms with Crippen LogP contribution in [0.25, 0.3) is 11.5 Å². The summed E-state index contributed by atoms with van der Waals surface area (Å²) in [6, 6.07) is 13.4. The van der Waals surface area contributed by atoms with Crippen molar-refractivity contribution in [2.24, 2.45) is 0 Å². The van der Waals surface area contributed by atoms with Crippen molar-refractivity contribution < 1.29 is 23.6 Å². The van der Waals surface area contributed by atoms with Gasteiger partial charge in [-0.25, -0.2) is 0 Å². The van der Waals surface area contributed by atoms with Crippen molar-refractivity contribution in [1.82, 2.24) is 10.2 Å². The summed E-state index contributed by atoms with van der Waals surface area (Å²) in [6.45, 7) is 4.03. The van der Waals surface area contributed by atoms with E-state index in [4.69, 9.17) is 13.9 Å². The Morgan fingerprint density at radius 3 is 2.50 bits per heavy atom. The molecule has 0 fully saturated rings. The number of aromatic nitrogens is 2. The predicted octanol–water partition coefficient (Wildman–Crippen LogP) is 4.42. The third-order valence-electron chi connectivity index (χ3n) is 4.24. The molecule has 0 amide bonds. The van der Waals surface area contributed by atoms with Gasteiger partial charge in [-0.1, -0.05) is 17.7 Å². The van der Waals surface area contributed by atoms with Crippen molar-refractivity contribution in [3.05, 3.63) is 70.1 Å². The monoisotopic (exact) mass is 411 g/mol. The van der Waals surface area contributed by atoms with Gasteiger partial charge in [0.15, 0.2) is 6.10 Å². The molecule has 0 aliphatic carbocycles. The highest BCUT2D eigenvalue weighted by Crippen LogP contribution is 2.24. The minimum absolute atomic E-state index is 0.0351. The van der Waals surface area contributed by atoms with Crippen molar-refractivity contribution in [2.45, 2.75) is 32.8 Å². The van der Waals surface area contributed by atoms with Crippen LogP contribution in [0.5, 0.6) is 5.75 Å². The van der Waals surface area contributed by atoms with E-state index in [-0.39, 0.29) is 23.9 Å². The van der Waals surface area contributed by atoms with Crippen LogP contribution in [0, 0.1) is 17.0 Å². The molecule has 0 bridgehead atoms. The highest BCUT2D eigenvalue weighted by atomic mass is 16.6. The van der Waals surface area contributed by atoms with E-state index in [2.05, 4.69) is 10.2 Å². The lowest BCUT2D eigenvalue weighted by Gasteiger charge is -2.10. The van der Waals surface area contributed by atoms with Crippen molar-refractivity contribution in [2.75, 3.05) is 6.61 Å². The Morgan fingerprint density at radius 1 is 1.13 bits per heavy atom. The molecule has 156 valence electrons. The highest BCUT2D eigenvalue weighted by molar-refractivity contribution is 5.69. The summed E-state index contributed by atoms with van der Waals surface area (Å²) in [7, 11) is 0. The molecule has 1 heterocycles. The largest absolute Gasteiger partial charge is 0.494 e. The van der Waals surface area contributed by atoms with Gasteiger partial charge in [0.1, 0.15) is 5.75 Å². The Hall–Kier alpha value is -3.75. The van der Waals surface area contributed by atoms with Crippen LogP contribution in [0.15, 0.2) is 52.9 Å². The molecule has 2 aromatic carbocycles. The van der Waals surface area contributed by atoms with E-state index in [1.54, 1.807) is 6.92 Å². The lowest BCUT2D eigenvalue weighted by molar-refractivity contribution is -0.384. The van der Waals surface area contributed by atoms with Gasteiger partial charge in [0.05, 0.1) is 11.5 Å². The van der Waals surface area contributed by atoms with E-state index in [1.807, 2.05) is 31.2 Å². The first kappa shape index (κ1) is 21.0. The van der Waals surface area contributed by atoms with Crippen LogP contribution >= 0.6 is 0 Å². The number of rotatable bonds is 9. The van der Waals surface area contributed by atoms with E-state index in [9.17, 15) is 14.9 Å². The summed E-state index contributed by atoms with van der Waals surface area (Å²) in [5.74, 6) is 0.693. The molecule has 30 heavy (non-hydrogen) atoms. The maximum atomic E-state index is 12.0. The maximum Gasteiger partial charge on any atom is 0.306 e. The fourth-order valence-corrected chi connectivity index (χ4v) is 2.59. The normalized spacial score (nSPS) is 11.7. The number of nitrogens with zero attached hydrogens (tertiary/aromatic N) is 3. The second-order valence-corrected chi connectivity index (χ2v) is 6.65. The number of aryl methyl sites for hydroxylation is 1. The van der Waals surface area contributed by atoms with E-state index in [0.717, 1.165) is 11.3 Å². The third-order valence-corrected chi connectivity index (χ3v) is 4.24. The zero-order valence-corrected chi connectivity index (χ0v) is 16.6. The number of hydrogen-bond acceptors (Lipinski definition) is 8. The van der Waals surface area contributed by atoms with Gasteiger partial charge in [-0.15, -0.1) is 10.2 Å². The maximum absolute atomic E-state index is 12.0. The van der Waals surface area contributed by atoms with Crippen LogP contribution in [-0.4, -0.2) is 27.7 Å². The fourth-order valence-electron chi connectivity index (χ4n) is 2.59. The molecule has 1 atom stereocenters. The van der Waals surface area contributed by atoms with Crippen LogP contribution in [0.2, 0.25) is 0 Å². The summed E-state index contributed by atoms with van der Waals surface area (Å²) < 4.78 is 16.4. The molecule has 9 heteroatoms. The minimum Gasteiger partial charge on any atom is -0.494 e. The number of carbonyl (C=O) groups excluding carboxylic acids is 1. The molecule has 3 rings (SSSR count). The van der Waals surface area contributed by atoms with Gasteiger partial charge < -0.3 is 13.9 Å². The number of esters is 1. The molecule has 0 aliphatic rings. The average Bonchev–Trinajstić information content (AvgIpc) is 3.23. The van der Waals surface area contributed by atoms with Crippen LogP contribution in [0.4, 0.5) is 5.69 Å². The molecule has 9 nitrogen and oxygen atoms in total. The molecule has 1 aromatic heterocycles. The van der Waals surface area contributed by atoms with Crippen LogP contribution in [0.1, 0.15) is 37.3 Å². The first-order valence-corrected chi connectivity index (χ1v) is 9.39. The van der Waals surface area contributed by atoms with E-state index in [1.165, 1.54) is 24.3 Å². The molecule has 3 aromatic rings. The second-order valence-electron chi connectivity index (χ2n) is 6.65. The van der Waals surface area contributed by atoms with Gasteiger partial charge in [-0.3, -0.25) is 14.9 Å². The zero-order valence-electron chi connectivity index (χ0n) is 16.6. The average molecular weight is 411 g/mol. The summed E-state index contributed by atoms with van der Waals surface area (Å²) in [5, 5.41) is 18.5. The zero-order chi connectivity index (χ0) is 21.5. The van der Waals surface area contributed by atoms with Gasteiger partial charge in [0.2, 0.25) is 5.89 Å². The molecule has 0 N–H and O–H groups in total. The molecule has 0 radical (unpaired) electrons. The lowest BCUT2D eigenvalue weighted by atomic mass is 10.2. The van der Waals surface area contributed by atoms with Crippen molar-refractivity contribution in [3.8, 4) is 17.2 Å². The Labute approximate surface area is 172 Å². The standard InChI is InChI=1S/C21H21N3O6/c1-14-5-11-18(12-6-14)28-13-3-4-19(25)29-15(2)20-22-23-21(30-20)16-7-9-17(10-8-16)24(26)27/h5-12,15H,3-4,13H2,1-2H3/t15-/m1/s1. The number of nitro groups is 1. The number of carbonyl (C=O) groups is 1. The number of nitro benzene ring substituents is 1. The smallest absolute Gasteiger partial charge is 0.306 e. The van der Waals surface area contributed by atoms with Gasteiger partial charge in [0.25, 0.3) is 11.6 Å². The first-order valence-electron chi connectivity index (χ1n) is 9.39. The van der Waals surface area contributed by atoms with Crippen LogP contribution in [-0.2, 0) is 9.53 Å². The Balaban J connectivity index is 1.46. The van der Waals surface area contributed by atoms with Gasteiger partial charge >= 0.3 is 5.97 Å². The summed E-state index contributed by atoms with van der Waals surface area (Å²) in [5.41, 5.74) is 1.65.